The summed E-state index contributed by atoms with van der Waals surface area (Å²) in [7, 11) is 0. The standard InChI is InChI=1S/C14H18N2O2S2/c1-8-5-10(20-9(8)2)6-15-13-16-11(7-19-13)14(3,4)12(17)18/h5,7H,6H2,1-4H3,(H,15,16)(H,17,18). The maximum Gasteiger partial charge on any atom is 0.315 e. The molecule has 2 aromatic heterocycles. The molecule has 4 nitrogen and oxygen atoms in total. The smallest absolute Gasteiger partial charge is 0.315 e. The molecular formula is C14H18N2O2S2. The minimum absolute atomic E-state index is 0.594. The van der Waals surface area contributed by atoms with Gasteiger partial charge in [0, 0.05) is 15.1 Å². The van der Waals surface area contributed by atoms with Gasteiger partial charge in [-0.2, -0.15) is 0 Å². The van der Waals surface area contributed by atoms with Gasteiger partial charge in [-0.05, 0) is 39.3 Å². The maximum atomic E-state index is 11.2. The molecule has 0 atom stereocenters. The first-order valence-electron chi connectivity index (χ1n) is 6.30. The van der Waals surface area contributed by atoms with E-state index in [0.29, 0.717) is 5.69 Å². The number of thiophene rings is 1. The van der Waals surface area contributed by atoms with Crippen molar-refractivity contribution < 1.29 is 9.90 Å². The van der Waals surface area contributed by atoms with E-state index in [1.807, 2.05) is 0 Å². The average molecular weight is 310 g/mol. The van der Waals surface area contributed by atoms with Crippen LogP contribution in [0.3, 0.4) is 0 Å². The Kier molecular flexibility index (Phi) is 4.15. The van der Waals surface area contributed by atoms with E-state index in [4.69, 9.17) is 0 Å². The Bertz CT molecular complexity index is 609. The number of aromatic nitrogens is 1. The van der Waals surface area contributed by atoms with Crippen LogP contribution in [0.1, 0.15) is 34.9 Å². The number of carboxylic acids is 1. The molecule has 0 spiro atoms. The van der Waals surface area contributed by atoms with Crippen molar-refractivity contribution in [1.82, 2.24) is 4.98 Å². The normalized spacial score (nSPS) is 11.6. The van der Waals surface area contributed by atoms with Crippen LogP contribution in [0.2, 0.25) is 0 Å². The number of nitrogens with zero attached hydrogens (tertiary/aromatic N) is 1. The van der Waals surface area contributed by atoms with Gasteiger partial charge >= 0.3 is 5.97 Å². The van der Waals surface area contributed by atoms with Gasteiger partial charge in [-0.15, -0.1) is 22.7 Å². The number of aliphatic carboxylic acids is 1. The predicted molar refractivity (Wildman–Crippen MR) is 83.9 cm³/mol. The Morgan fingerprint density at radius 3 is 2.70 bits per heavy atom. The van der Waals surface area contributed by atoms with E-state index in [-0.39, 0.29) is 0 Å². The largest absolute Gasteiger partial charge is 0.481 e. The van der Waals surface area contributed by atoms with Gasteiger partial charge in [0.1, 0.15) is 5.41 Å². The highest BCUT2D eigenvalue weighted by molar-refractivity contribution is 7.14. The van der Waals surface area contributed by atoms with Crippen molar-refractivity contribution >= 4 is 33.8 Å². The van der Waals surface area contributed by atoms with Crippen LogP contribution in [0.5, 0.6) is 0 Å². The van der Waals surface area contributed by atoms with Crippen LogP contribution in [0, 0.1) is 13.8 Å². The third-order valence-corrected chi connectivity index (χ3v) is 5.26. The number of carboxylic acid groups (broad SMARTS) is 1. The third-order valence-electron chi connectivity index (χ3n) is 3.31. The Labute approximate surface area is 126 Å². The molecule has 0 fully saturated rings. The first-order chi connectivity index (χ1) is 9.30. The number of hydrogen-bond acceptors (Lipinski definition) is 5. The van der Waals surface area contributed by atoms with E-state index in [1.54, 1.807) is 30.6 Å². The number of anilines is 1. The lowest BCUT2D eigenvalue weighted by atomic mass is 9.90. The van der Waals surface area contributed by atoms with Crippen molar-refractivity contribution in [2.45, 2.75) is 39.7 Å². The zero-order valence-electron chi connectivity index (χ0n) is 12.0. The van der Waals surface area contributed by atoms with E-state index in [9.17, 15) is 9.90 Å². The summed E-state index contributed by atoms with van der Waals surface area (Å²) in [6.07, 6.45) is 0. The number of nitrogens with one attached hydrogen (secondary N) is 1. The van der Waals surface area contributed by atoms with Crippen LogP contribution < -0.4 is 5.32 Å². The Hall–Kier alpha value is -1.40. The minimum atomic E-state index is -0.952. The highest BCUT2D eigenvalue weighted by Gasteiger charge is 2.32. The van der Waals surface area contributed by atoms with Crippen molar-refractivity contribution in [2.24, 2.45) is 0 Å². The van der Waals surface area contributed by atoms with Crippen molar-refractivity contribution in [3.05, 3.63) is 32.5 Å². The second kappa shape index (κ2) is 5.54. The lowest BCUT2D eigenvalue weighted by Gasteiger charge is -2.15. The molecule has 2 rings (SSSR count). The quantitative estimate of drug-likeness (QED) is 0.882. The van der Waals surface area contributed by atoms with Crippen molar-refractivity contribution in [1.29, 1.82) is 0 Å². The number of aryl methyl sites for hydroxylation is 2. The minimum Gasteiger partial charge on any atom is -0.481 e. The molecule has 0 amide bonds. The van der Waals surface area contributed by atoms with Crippen molar-refractivity contribution in [3.8, 4) is 0 Å². The number of carbonyl (C=O) groups is 1. The summed E-state index contributed by atoms with van der Waals surface area (Å²) in [5.41, 5.74) is 0.946. The van der Waals surface area contributed by atoms with Gasteiger partial charge in [0.25, 0.3) is 0 Å². The molecule has 0 unspecified atom stereocenters. The number of hydrogen-bond donors (Lipinski definition) is 2. The molecule has 0 aliphatic rings. The summed E-state index contributed by atoms with van der Waals surface area (Å²) in [5, 5.41) is 15.0. The zero-order chi connectivity index (χ0) is 14.9. The van der Waals surface area contributed by atoms with Crippen LogP contribution in [-0.4, -0.2) is 16.1 Å². The molecule has 20 heavy (non-hydrogen) atoms. The summed E-state index contributed by atoms with van der Waals surface area (Å²) in [5.74, 6) is -0.862. The highest BCUT2D eigenvalue weighted by atomic mass is 32.1. The third kappa shape index (κ3) is 3.02. The first kappa shape index (κ1) is 15.0. The predicted octanol–water partition coefficient (Wildman–Crippen LogP) is 3.80. The fraction of sp³-hybridized carbons (Fsp3) is 0.429. The van der Waals surface area contributed by atoms with Crippen LogP contribution in [0.15, 0.2) is 11.4 Å². The molecule has 2 heterocycles. The molecule has 0 aliphatic carbocycles. The second-order valence-electron chi connectivity index (χ2n) is 5.27. The summed E-state index contributed by atoms with van der Waals surface area (Å²) in [4.78, 5) is 18.2. The molecule has 2 aromatic rings. The summed E-state index contributed by atoms with van der Waals surface area (Å²) in [6, 6.07) is 2.17. The topological polar surface area (TPSA) is 62.2 Å². The van der Waals surface area contributed by atoms with Crippen molar-refractivity contribution in [3.63, 3.8) is 0 Å². The molecule has 0 radical (unpaired) electrons. The van der Waals surface area contributed by atoms with E-state index in [1.165, 1.54) is 26.7 Å². The molecule has 2 N–H and O–H groups in total. The fourth-order valence-corrected chi connectivity index (χ4v) is 3.52. The molecular weight excluding hydrogens is 292 g/mol. The Morgan fingerprint density at radius 1 is 1.45 bits per heavy atom. The van der Waals surface area contributed by atoms with Crippen LogP contribution in [0.25, 0.3) is 0 Å². The van der Waals surface area contributed by atoms with Gasteiger partial charge in [0.2, 0.25) is 0 Å². The van der Waals surface area contributed by atoms with Gasteiger partial charge in [0.05, 0.1) is 12.2 Å². The molecule has 0 aromatic carbocycles. The fourth-order valence-electron chi connectivity index (χ4n) is 1.65. The lowest BCUT2D eigenvalue weighted by Crippen LogP contribution is -2.28. The number of thiazole rings is 1. The molecule has 108 valence electrons. The molecule has 0 saturated heterocycles. The van der Waals surface area contributed by atoms with E-state index in [0.717, 1.165) is 11.7 Å². The van der Waals surface area contributed by atoms with E-state index in [2.05, 4.69) is 30.2 Å². The Balaban J connectivity index is 2.05. The highest BCUT2D eigenvalue weighted by Crippen LogP contribution is 2.28. The monoisotopic (exact) mass is 310 g/mol. The summed E-state index contributed by atoms with van der Waals surface area (Å²) < 4.78 is 0. The van der Waals surface area contributed by atoms with Crippen LogP contribution >= 0.6 is 22.7 Å². The van der Waals surface area contributed by atoms with E-state index >= 15 is 0 Å². The van der Waals surface area contributed by atoms with Gasteiger partial charge < -0.3 is 10.4 Å². The van der Waals surface area contributed by atoms with Gasteiger partial charge in [-0.3, -0.25) is 4.79 Å². The van der Waals surface area contributed by atoms with Crippen LogP contribution in [-0.2, 0) is 16.8 Å². The van der Waals surface area contributed by atoms with Gasteiger partial charge in [-0.25, -0.2) is 4.98 Å². The molecule has 0 aliphatic heterocycles. The number of rotatable bonds is 5. The second-order valence-corrected chi connectivity index (χ2v) is 7.47. The molecule has 0 saturated carbocycles. The molecule has 0 bridgehead atoms. The van der Waals surface area contributed by atoms with Crippen molar-refractivity contribution in [2.75, 3.05) is 5.32 Å². The first-order valence-corrected chi connectivity index (χ1v) is 7.99. The average Bonchev–Trinajstić information content (AvgIpc) is 2.95. The zero-order valence-corrected chi connectivity index (χ0v) is 13.6. The summed E-state index contributed by atoms with van der Waals surface area (Å²) >= 11 is 3.21. The van der Waals surface area contributed by atoms with E-state index < -0.39 is 11.4 Å². The van der Waals surface area contributed by atoms with Gasteiger partial charge in [-0.1, -0.05) is 0 Å². The SMILES string of the molecule is Cc1cc(CNc2nc(C(C)(C)C(=O)O)cs2)sc1C. The summed E-state index contributed by atoms with van der Waals surface area (Å²) in [6.45, 7) is 8.27. The lowest BCUT2D eigenvalue weighted by molar-refractivity contribution is -0.142. The maximum absolute atomic E-state index is 11.2. The van der Waals surface area contributed by atoms with Crippen LogP contribution in [0.4, 0.5) is 5.13 Å². The van der Waals surface area contributed by atoms with Gasteiger partial charge in [0.15, 0.2) is 5.13 Å². The Morgan fingerprint density at radius 2 is 2.15 bits per heavy atom. The molecule has 6 heteroatoms.